The van der Waals surface area contributed by atoms with Crippen LogP contribution in [0.5, 0.6) is 11.6 Å². The Bertz CT molecular complexity index is 1630. The third kappa shape index (κ3) is 6.10. The van der Waals surface area contributed by atoms with Gasteiger partial charge < -0.3 is 29.2 Å². The highest BCUT2D eigenvalue weighted by molar-refractivity contribution is 5.84. The Kier molecular flexibility index (Phi) is 7.94. The van der Waals surface area contributed by atoms with Crippen LogP contribution in [0.25, 0.3) is 11.0 Å². The molecular weight excluding hydrogens is 545 g/mol. The van der Waals surface area contributed by atoms with Gasteiger partial charge in [0, 0.05) is 50.7 Å². The third-order valence-corrected chi connectivity index (χ3v) is 7.18. The summed E-state index contributed by atoms with van der Waals surface area (Å²) in [6.07, 6.45) is 1.75. The van der Waals surface area contributed by atoms with Crippen molar-refractivity contribution in [1.82, 2.24) is 19.4 Å². The number of nitro groups is 1. The molecule has 1 N–H and O–H groups in total. The normalized spacial score (nSPS) is 14.2. The number of halogens is 1. The molecule has 1 aliphatic rings. The number of fused-ring (bicyclic) bond motifs is 1. The summed E-state index contributed by atoms with van der Waals surface area (Å²) in [5.41, 5.74) is 0.393. The zero-order valence-electron chi connectivity index (χ0n) is 23.8. The standard InChI is InChI=1S/C29H32FN7O5/c1-29(2,27(38)41-4)18-36-11-10-22-25(36)32-28(33-26(22)42-21-7-5-6-20(17-21)37(39)40)31-19-8-9-24(23(30)16-19)35-14-12-34(3)13-15-35/h5-11,16-17H,12-15,18H2,1-4H3,(H,31,32,33). The molecule has 2 aromatic carbocycles. The Morgan fingerprint density at radius 1 is 1.12 bits per heavy atom. The number of aromatic nitrogens is 3. The lowest BCUT2D eigenvalue weighted by Gasteiger charge is -2.34. The van der Waals surface area contributed by atoms with Gasteiger partial charge in [0.2, 0.25) is 11.8 Å². The number of ether oxygens (including phenoxy) is 2. The average Bonchev–Trinajstić information content (AvgIpc) is 3.35. The van der Waals surface area contributed by atoms with Gasteiger partial charge in [0.05, 0.1) is 34.6 Å². The Morgan fingerprint density at radius 2 is 1.88 bits per heavy atom. The van der Waals surface area contributed by atoms with Crippen LogP contribution in [0.3, 0.4) is 0 Å². The fraction of sp³-hybridized carbons (Fsp3) is 0.345. The third-order valence-electron chi connectivity index (χ3n) is 7.18. The molecule has 0 radical (unpaired) electrons. The van der Waals surface area contributed by atoms with Gasteiger partial charge >= 0.3 is 5.97 Å². The van der Waals surface area contributed by atoms with Gasteiger partial charge in [-0.3, -0.25) is 14.9 Å². The number of hydrogen-bond donors (Lipinski definition) is 1. The lowest BCUT2D eigenvalue weighted by atomic mass is 9.94. The summed E-state index contributed by atoms with van der Waals surface area (Å²) in [5, 5.41) is 14.9. The van der Waals surface area contributed by atoms with Crippen LogP contribution < -0.4 is 15.0 Å². The lowest BCUT2D eigenvalue weighted by molar-refractivity contribution is -0.384. The zero-order valence-corrected chi connectivity index (χ0v) is 23.8. The van der Waals surface area contributed by atoms with Crippen molar-refractivity contribution in [2.24, 2.45) is 5.41 Å². The van der Waals surface area contributed by atoms with Crippen molar-refractivity contribution in [3.8, 4) is 11.6 Å². The number of hydrogen-bond acceptors (Lipinski definition) is 10. The molecule has 220 valence electrons. The van der Waals surface area contributed by atoms with E-state index in [0.717, 1.165) is 26.2 Å². The Morgan fingerprint density at radius 3 is 2.57 bits per heavy atom. The fourth-order valence-corrected chi connectivity index (χ4v) is 4.86. The molecule has 3 heterocycles. The van der Waals surface area contributed by atoms with Crippen LogP contribution >= 0.6 is 0 Å². The van der Waals surface area contributed by atoms with Gasteiger partial charge in [-0.25, -0.2) is 4.39 Å². The van der Waals surface area contributed by atoms with E-state index in [4.69, 9.17) is 9.47 Å². The first-order chi connectivity index (χ1) is 20.0. The number of rotatable bonds is 9. The molecular formula is C29H32FN7O5. The second-order valence-corrected chi connectivity index (χ2v) is 10.8. The van der Waals surface area contributed by atoms with Gasteiger partial charge in [-0.2, -0.15) is 9.97 Å². The molecule has 2 aromatic heterocycles. The number of likely N-dealkylation sites (N-methyl/N-ethyl adjacent to an activating group) is 1. The summed E-state index contributed by atoms with van der Waals surface area (Å²) in [5.74, 6) is -0.305. The molecule has 13 heteroatoms. The van der Waals surface area contributed by atoms with Crippen molar-refractivity contribution in [2.45, 2.75) is 20.4 Å². The summed E-state index contributed by atoms with van der Waals surface area (Å²) in [6.45, 7) is 6.94. The van der Waals surface area contributed by atoms with Gasteiger partial charge in [-0.05, 0) is 51.2 Å². The summed E-state index contributed by atoms with van der Waals surface area (Å²) in [4.78, 5) is 36.6. The molecule has 1 saturated heterocycles. The number of anilines is 3. The number of nitrogens with zero attached hydrogens (tertiary/aromatic N) is 6. The Hall–Kier alpha value is -4.78. The Balaban J connectivity index is 1.50. The molecule has 1 fully saturated rings. The molecule has 12 nitrogen and oxygen atoms in total. The van der Waals surface area contributed by atoms with Crippen LogP contribution in [0.15, 0.2) is 54.7 Å². The topological polar surface area (TPSA) is 128 Å². The number of nitro benzene ring substituents is 1. The van der Waals surface area contributed by atoms with E-state index in [9.17, 15) is 14.9 Å². The summed E-state index contributed by atoms with van der Waals surface area (Å²) >= 11 is 0. The van der Waals surface area contributed by atoms with Gasteiger partial charge in [0.25, 0.3) is 5.69 Å². The highest BCUT2D eigenvalue weighted by Gasteiger charge is 2.30. The van der Waals surface area contributed by atoms with Crippen LogP contribution in [-0.4, -0.2) is 70.7 Å². The molecule has 0 unspecified atom stereocenters. The predicted octanol–water partition coefficient (Wildman–Crippen LogP) is 4.97. The molecule has 5 rings (SSSR count). The summed E-state index contributed by atoms with van der Waals surface area (Å²) < 4.78 is 28.0. The van der Waals surface area contributed by atoms with Crippen molar-refractivity contribution < 1.29 is 23.6 Å². The largest absolute Gasteiger partial charge is 0.469 e. The van der Waals surface area contributed by atoms with E-state index in [1.807, 2.05) is 11.9 Å². The van der Waals surface area contributed by atoms with Crippen LogP contribution in [0.1, 0.15) is 13.8 Å². The predicted molar refractivity (Wildman–Crippen MR) is 156 cm³/mol. The molecule has 0 saturated carbocycles. The number of benzene rings is 2. The zero-order chi connectivity index (χ0) is 30.0. The minimum absolute atomic E-state index is 0.116. The van der Waals surface area contributed by atoms with E-state index < -0.39 is 10.3 Å². The quantitative estimate of drug-likeness (QED) is 0.166. The van der Waals surface area contributed by atoms with Crippen LogP contribution in [-0.2, 0) is 16.1 Å². The van der Waals surface area contributed by atoms with Crippen molar-refractivity contribution in [3.05, 3.63) is 70.7 Å². The lowest BCUT2D eigenvalue weighted by Crippen LogP contribution is -2.44. The first-order valence-corrected chi connectivity index (χ1v) is 13.4. The van der Waals surface area contributed by atoms with E-state index in [2.05, 4.69) is 20.2 Å². The van der Waals surface area contributed by atoms with Crippen molar-refractivity contribution in [1.29, 1.82) is 0 Å². The minimum atomic E-state index is -0.872. The van der Waals surface area contributed by atoms with E-state index in [0.29, 0.717) is 22.4 Å². The number of non-ortho nitro benzene ring substituents is 1. The van der Waals surface area contributed by atoms with Crippen molar-refractivity contribution in [3.63, 3.8) is 0 Å². The SMILES string of the molecule is COC(=O)C(C)(C)Cn1ccc2c(Oc3cccc([N+](=O)[O-])c3)nc(Nc3ccc(N4CCN(C)CC4)c(F)c3)nc21. The molecule has 0 atom stereocenters. The number of carbonyl (C=O) groups is 1. The molecule has 0 bridgehead atoms. The summed E-state index contributed by atoms with van der Waals surface area (Å²) in [7, 11) is 3.38. The van der Waals surface area contributed by atoms with E-state index in [1.165, 1.54) is 31.4 Å². The molecule has 0 aliphatic carbocycles. The van der Waals surface area contributed by atoms with Gasteiger partial charge in [-0.15, -0.1) is 0 Å². The van der Waals surface area contributed by atoms with E-state index in [-0.39, 0.29) is 41.6 Å². The summed E-state index contributed by atoms with van der Waals surface area (Å²) in [6, 6.07) is 12.4. The highest BCUT2D eigenvalue weighted by atomic mass is 19.1. The van der Waals surface area contributed by atoms with Gasteiger partial charge in [-0.1, -0.05) is 6.07 Å². The van der Waals surface area contributed by atoms with Gasteiger partial charge in [0.15, 0.2) is 0 Å². The molecule has 42 heavy (non-hydrogen) atoms. The molecule has 4 aromatic rings. The number of esters is 1. The monoisotopic (exact) mass is 577 g/mol. The van der Waals surface area contributed by atoms with Crippen LogP contribution in [0.2, 0.25) is 0 Å². The average molecular weight is 578 g/mol. The van der Waals surface area contributed by atoms with Crippen molar-refractivity contribution in [2.75, 3.05) is 50.6 Å². The first kappa shape index (κ1) is 28.7. The van der Waals surface area contributed by atoms with E-state index >= 15 is 4.39 Å². The number of carbonyl (C=O) groups excluding carboxylic acids is 1. The highest BCUT2D eigenvalue weighted by Crippen LogP contribution is 2.33. The fourth-order valence-electron chi connectivity index (χ4n) is 4.86. The number of nitrogens with one attached hydrogen (secondary N) is 1. The van der Waals surface area contributed by atoms with Crippen molar-refractivity contribution >= 4 is 40.0 Å². The smallest absolute Gasteiger partial charge is 0.313 e. The number of methoxy groups -OCH3 is 1. The maximum atomic E-state index is 15.2. The molecule has 0 amide bonds. The van der Waals surface area contributed by atoms with Gasteiger partial charge in [0.1, 0.15) is 17.2 Å². The minimum Gasteiger partial charge on any atom is -0.469 e. The van der Waals surface area contributed by atoms with Crippen LogP contribution in [0, 0.1) is 21.3 Å². The second kappa shape index (κ2) is 11.6. The maximum absolute atomic E-state index is 15.2. The molecule has 0 spiro atoms. The maximum Gasteiger partial charge on any atom is 0.313 e. The first-order valence-electron chi connectivity index (χ1n) is 13.4. The van der Waals surface area contributed by atoms with E-state index in [1.54, 1.807) is 48.9 Å². The second-order valence-electron chi connectivity index (χ2n) is 10.8. The van der Waals surface area contributed by atoms with Crippen LogP contribution in [0.4, 0.5) is 27.4 Å². The molecule has 1 aliphatic heterocycles. The Labute approximate surface area is 241 Å². The number of piperazine rings is 1.